The Morgan fingerprint density at radius 3 is 2.40 bits per heavy atom. The van der Waals surface area contributed by atoms with Crippen LogP contribution < -0.4 is 10.0 Å². The van der Waals surface area contributed by atoms with Crippen LogP contribution in [0.4, 0.5) is 4.79 Å². The molecule has 202 valence electrons. The summed E-state index contributed by atoms with van der Waals surface area (Å²) in [5.74, 6) is 1.38. The van der Waals surface area contributed by atoms with Gasteiger partial charge in [0.25, 0.3) is 10.0 Å². The van der Waals surface area contributed by atoms with Gasteiger partial charge in [0.15, 0.2) is 0 Å². The molecule has 5 aromatic rings. The number of hydrogen-bond acceptors (Lipinski definition) is 5. The van der Waals surface area contributed by atoms with Gasteiger partial charge >= 0.3 is 6.03 Å². The minimum Gasteiger partial charge on any atom is -0.469 e. The Morgan fingerprint density at radius 1 is 0.975 bits per heavy atom. The van der Waals surface area contributed by atoms with Crippen molar-refractivity contribution in [3.63, 3.8) is 0 Å². The molecule has 8 nitrogen and oxygen atoms in total. The summed E-state index contributed by atoms with van der Waals surface area (Å²) < 4.78 is 35.7. The first-order valence-electron chi connectivity index (χ1n) is 12.9. The number of amides is 2. The summed E-state index contributed by atoms with van der Waals surface area (Å²) in [4.78, 5) is 18.0. The van der Waals surface area contributed by atoms with Crippen molar-refractivity contribution >= 4 is 16.1 Å². The summed E-state index contributed by atoms with van der Waals surface area (Å²) in [6.45, 7) is 3.62. The zero-order chi connectivity index (χ0) is 27.9. The van der Waals surface area contributed by atoms with E-state index in [4.69, 9.17) is 4.42 Å². The Hall–Kier alpha value is -4.63. The molecule has 40 heavy (non-hydrogen) atoms. The molecule has 0 saturated heterocycles. The zero-order valence-corrected chi connectivity index (χ0v) is 22.9. The molecular formula is C31H28N4O4S. The molecule has 1 aliphatic rings. The maximum Gasteiger partial charge on any atom is 0.329 e. The van der Waals surface area contributed by atoms with Gasteiger partial charge in [-0.05, 0) is 61.2 Å². The molecule has 0 bridgehead atoms. The molecule has 1 aliphatic carbocycles. The van der Waals surface area contributed by atoms with Crippen LogP contribution in [0.15, 0.2) is 113 Å². The molecule has 2 N–H and O–H groups in total. The summed E-state index contributed by atoms with van der Waals surface area (Å²) in [5, 5.41) is 2.99. The van der Waals surface area contributed by atoms with Gasteiger partial charge in [0, 0.05) is 29.6 Å². The first-order chi connectivity index (χ1) is 19.3. The first kappa shape index (κ1) is 25.6. The van der Waals surface area contributed by atoms with Crippen LogP contribution in [-0.2, 0) is 15.6 Å². The lowest BCUT2D eigenvalue weighted by Gasteiger charge is -2.22. The molecule has 2 amide bonds. The number of benzene rings is 3. The number of imidazole rings is 1. The van der Waals surface area contributed by atoms with Gasteiger partial charge in [0.05, 0.1) is 11.2 Å². The molecule has 1 saturated carbocycles. The number of nitrogens with one attached hydrogen (secondary N) is 2. The number of carbonyl (C=O) groups excluding carboxylic acids is 1. The highest BCUT2D eigenvalue weighted by Gasteiger charge is 2.60. The van der Waals surface area contributed by atoms with Crippen LogP contribution in [0.3, 0.4) is 0 Å². The summed E-state index contributed by atoms with van der Waals surface area (Å²) in [6.07, 6.45) is 5.77. The second-order valence-electron chi connectivity index (χ2n) is 10.0. The molecule has 0 radical (unpaired) electrons. The van der Waals surface area contributed by atoms with Crippen molar-refractivity contribution in [2.24, 2.45) is 0 Å². The highest BCUT2D eigenvalue weighted by atomic mass is 32.2. The lowest BCUT2D eigenvalue weighted by atomic mass is 10.0. The van der Waals surface area contributed by atoms with E-state index in [-0.39, 0.29) is 10.8 Å². The van der Waals surface area contributed by atoms with Crippen LogP contribution in [0.1, 0.15) is 35.1 Å². The van der Waals surface area contributed by atoms with Crippen molar-refractivity contribution < 1.29 is 17.6 Å². The predicted octanol–water partition coefficient (Wildman–Crippen LogP) is 5.82. The van der Waals surface area contributed by atoms with E-state index in [1.165, 1.54) is 6.07 Å². The van der Waals surface area contributed by atoms with E-state index >= 15 is 0 Å². The number of rotatable bonds is 7. The van der Waals surface area contributed by atoms with E-state index in [9.17, 15) is 13.2 Å². The molecule has 0 spiro atoms. The van der Waals surface area contributed by atoms with E-state index < -0.39 is 21.6 Å². The average molecular weight is 553 g/mol. The highest BCUT2D eigenvalue weighted by Crippen LogP contribution is 2.58. The maximum absolute atomic E-state index is 13.3. The van der Waals surface area contributed by atoms with Crippen molar-refractivity contribution in [2.75, 3.05) is 0 Å². The van der Waals surface area contributed by atoms with Crippen LogP contribution in [0.5, 0.6) is 0 Å². The Morgan fingerprint density at radius 2 is 1.70 bits per heavy atom. The van der Waals surface area contributed by atoms with Gasteiger partial charge in [-0.2, -0.15) is 0 Å². The number of nitrogens with zero attached hydrogens (tertiary/aromatic N) is 2. The minimum absolute atomic E-state index is 0.0593. The number of aromatic nitrogens is 2. The third-order valence-electron chi connectivity index (χ3n) is 7.46. The summed E-state index contributed by atoms with van der Waals surface area (Å²) >= 11 is 0. The number of aryl methyl sites for hydroxylation is 2. The van der Waals surface area contributed by atoms with Gasteiger partial charge < -0.3 is 14.3 Å². The fourth-order valence-electron chi connectivity index (χ4n) is 5.38. The Balaban J connectivity index is 1.33. The summed E-state index contributed by atoms with van der Waals surface area (Å²) in [6, 6.07) is 25.5. The van der Waals surface area contributed by atoms with Crippen molar-refractivity contribution in [2.45, 2.75) is 36.6 Å². The Labute approximate surface area is 232 Å². The van der Waals surface area contributed by atoms with Crippen molar-refractivity contribution in [3.05, 3.63) is 126 Å². The molecular weight excluding hydrogens is 524 g/mol. The number of sulfonamides is 1. The zero-order valence-electron chi connectivity index (χ0n) is 22.0. The smallest absolute Gasteiger partial charge is 0.329 e. The molecule has 3 aromatic carbocycles. The minimum atomic E-state index is -4.07. The predicted molar refractivity (Wildman–Crippen MR) is 152 cm³/mol. The van der Waals surface area contributed by atoms with Gasteiger partial charge in [0.1, 0.15) is 17.1 Å². The summed E-state index contributed by atoms with van der Waals surface area (Å²) in [5.41, 5.74) is 3.59. The van der Waals surface area contributed by atoms with Gasteiger partial charge in [-0.25, -0.2) is 22.9 Å². The van der Waals surface area contributed by atoms with Crippen molar-refractivity contribution in [1.82, 2.24) is 19.6 Å². The SMILES string of the molecule is Cc1ccccc1S(=O)(=O)NC(=O)NC1(c2nccn2-c2ccc(-c3ccoc3C)cc2)C[C@@H]1c1ccccc1. The quantitative estimate of drug-likeness (QED) is 0.265. The molecule has 1 unspecified atom stereocenters. The third kappa shape index (κ3) is 4.58. The second kappa shape index (κ2) is 9.84. The van der Waals surface area contributed by atoms with Crippen LogP contribution in [0.25, 0.3) is 16.8 Å². The lowest BCUT2D eigenvalue weighted by molar-refractivity contribution is 0.239. The molecule has 2 atom stereocenters. The normalized spacial score (nSPS) is 18.3. The number of carbonyl (C=O) groups is 1. The Bertz CT molecular complexity index is 1790. The van der Waals surface area contributed by atoms with Crippen molar-refractivity contribution in [1.29, 1.82) is 0 Å². The number of furan rings is 1. The monoisotopic (exact) mass is 552 g/mol. The molecule has 1 fully saturated rings. The fraction of sp³-hybridized carbons (Fsp3) is 0.161. The average Bonchev–Trinajstić information content (AvgIpc) is 3.25. The third-order valence-corrected chi connectivity index (χ3v) is 8.96. The topological polar surface area (TPSA) is 106 Å². The van der Waals surface area contributed by atoms with Crippen molar-refractivity contribution in [3.8, 4) is 16.8 Å². The summed E-state index contributed by atoms with van der Waals surface area (Å²) in [7, 11) is -4.07. The van der Waals surface area contributed by atoms with E-state index in [0.29, 0.717) is 17.8 Å². The van der Waals surface area contributed by atoms with Crippen LogP contribution in [0, 0.1) is 13.8 Å². The molecule has 0 aliphatic heterocycles. The lowest BCUT2D eigenvalue weighted by Crippen LogP contribution is -2.46. The number of urea groups is 1. The van der Waals surface area contributed by atoms with Gasteiger partial charge in [0.2, 0.25) is 0 Å². The standard InChI is InChI=1S/C31H28N4O4S/c1-21-8-6-7-11-28(21)40(37,38)34-30(36)33-31(20-27(31)24-9-4-3-5-10-24)29-32-17-18-35(29)25-14-12-23(13-15-25)26-16-19-39-22(26)2/h3-19,27H,20H2,1-2H3,(H2,33,34,36)/t27-,31?/m1/s1. The molecule has 2 aromatic heterocycles. The Kier molecular flexibility index (Phi) is 6.31. The maximum atomic E-state index is 13.3. The van der Waals surface area contributed by atoms with E-state index in [1.807, 2.05) is 78.4 Å². The van der Waals surface area contributed by atoms with Gasteiger partial charge in [-0.1, -0.05) is 60.7 Å². The largest absolute Gasteiger partial charge is 0.469 e. The van der Waals surface area contributed by atoms with Crippen LogP contribution in [-0.4, -0.2) is 24.0 Å². The molecule has 9 heteroatoms. The first-order valence-corrected chi connectivity index (χ1v) is 14.4. The fourth-order valence-corrected chi connectivity index (χ4v) is 6.54. The van der Waals surface area contributed by atoms with Crippen LogP contribution >= 0.6 is 0 Å². The van der Waals surface area contributed by atoms with Gasteiger partial charge in [-0.3, -0.25) is 0 Å². The van der Waals surface area contributed by atoms with Gasteiger partial charge in [-0.15, -0.1) is 0 Å². The number of hydrogen-bond donors (Lipinski definition) is 2. The van der Waals surface area contributed by atoms with E-state index in [2.05, 4.69) is 15.0 Å². The van der Waals surface area contributed by atoms with E-state index in [1.54, 1.807) is 37.6 Å². The highest BCUT2D eigenvalue weighted by molar-refractivity contribution is 7.90. The van der Waals surface area contributed by atoms with E-state index in [0.717, 1.165) is 28.1 Å². The molecule has 2 heterocycles. The second-order valence-corrected chi connectivity index (χ2v) is 11.7. The molecule has 6 rings (SSSR count). The van der Waals surface area contributed by atoms with Crippen LogP contribution in [0.2, 0.25) is 0 Å².